The zero-order valence-electron chi connectivity index (χ0n) is 14.6. The molecular formula is C19H24O5. The highest BCUT2D eigenvalue weighted by molar-refractivity contribution is 5.69. The minimum atomic E-state index is -0.776. The molecule has 0 aromatic heterocycles. The van der Waals surface area contributed by atoms with Gasteiger partial charge in [-0.15, -0.1) is 0 Å². The number of hydrogen-bond acceptors (Lipinski definition) is 5. The Labute approximate surface area is 142 Å². The number of rotatable bonds is 7. The highest BCUT2D eigenvalue weighted by atomic mass is 16.5. The minimum Gasteiger partial charge on any atom is -0.497 e. The van der Waals surface area contributed by atoms with E-state index in [9.17, 15) is 4.79 Å². The van der Waals surface area contributed by atoms with Crippen LogP contribution in [0.3, 0.4) is 0 Å². The molecule has 0 aromatic rings. The third-order valence-electron chi connectivity index (χ3n) is 4.59. The van der Waals surface area contributed by atoms with Crippen molar-refractivity contribution >= 4 is 6.29 Å². The van der Waals surface area contributed by atoms with Gasteiger partial charge in [-0.3, -0.25) is 4.79 Å². The summed E-state index contributed by atoms with van der Waals surface area (Å²) in [6.45, 7) is 0. The Bertz CT molecular complexity index is 578. The van der Waals surface area contributed by atoms with E-state index in [4.69, 9.17) is 18.9 Å². The average Bonchev–Trinajstić information content (AvgIpc) is 2.66. The van der Waals surface area contributed by atoms with Gasteiger partial charge in [0.2, 0.25) is 0 Å². The lowest BCUT2D eigenvalue weighted by molar-refractivity contribution is -0.104. The number of allylic oxidation sites excluding steroid dienone is 3. The van der Waals surface area contributed by atoms with Gasteiger partial charge < -0.3 is 18.9 Å². The average molecular weight is 332 g/mol. The van der Waals surface area contributed by atoms with Crippen LogP contribution in [0, 0.1) is 0 Å². The van der Waals surface area contributed by atoms with Gasteiger partial charge >= 0.3 is 0 Å². The topological polar surface area (TPSA) is 54.0 Å². The fraction of sp³-hybridized carbons (Fsp3) is 0.421. The smallest absolute Gasteiger partial charge is 0.143 e. The first-order valence-corrected chi connectivity index (χ1v) is 7.73. The molecule has 0 spiro atoms. The van der Waals surface area contributed by atoms with Crippen LogP contribution in [0.4, 0.5) is 0 Å². The van der Waals surface area contributed by atoms with E-state index in [0.29, 0.717) is 12.8 Å². The van der Waals surface area contributed by atoms with Gasteiger partial charge in [0.25, 0.3) is 0 Å². The van der Waals surface area contributed by atoms with Crippen LogP contribution in [-0.2, 0) is 23.7 Å². The Hall–Kier alpha value is -2.11. The molecule has 24 heavy (non-hydrogen) atoms. The van der Waals surface area contributed by atoms with Crippen LogP contribution in [0.5, 0.6) is 0 Å². The van der Waals surface area contributed by atoms with Gasteiger partial charge in [0.15, 0.2) is 0 Å². The fourth-order valence-electron chi connectivity index (χ4n) is 3.14. The Morgan fingerprint density at radius 1 is 0.917 bits per heavy atom. The molecule has 0 heterocycles. The second kappa shape index (κ2) is 7.64. The number of hydrogen-bond donors (Lipinski definition) is 0. The lowest BCUT2D eigenvalue weighted by atomic mass is 9.74. The van der Waals surface area contributed by atoms with Crippen molar-refractivity contribution < 1.29 is 23.7 Å². The van der Waals surface area contributed by atoms with Crippen LogP contribution in [0.2, 0.25) is 0 Å². The molecule has 0 saturated heterocycles. The molecule has 0 fully saturated rings. The second-order valence-corrected chi connectivity index (χ2v) is 5.60. The molecule has 0 amide bonds. The maximum absolute atomic E-state index is 11.3. The SMILES string of the molecule is COC1=CCC(OC)(C(=CC=O)C2(OC)C=CC(OC)=CC2)C=C1. The van der Waals surface area contributed by atoms with Gasteiger partial charge in [-0.1, -0.05) is 0 Å². The van der Waals surface area contributed by atoms with Crippen molar-refractivity contribution in [1.29, 1.82) is 0 Å². The predicted molar refractivity (Wildman–Crippen MR) is 91.3 cm³/mol. The number of methoxy groups -OCH3 is 4. The summed E-state index contributed by atoms with van der Waals surface area (Å²) in [5, 5.41) is 0. The van der Waals surface area contributed by atoms with Gasteiger partial charge in [0.05, 0.1) is 14.2 Å². The third kappa shape index (κ3) is 3.23. The molecule has 2 rings (SSSR count). The van der Waals surface area contributed by atoms with Crippen molar-refractivity contribution in [3.8, 4) is 0 Å². The first-order chi connectivity index (χ1) is 11.6. The van der Waals surface area contributed by atoms with Crippen LogP contribution in [0.1, 0.15) is 12.8 Å². The summed E-state index contributed by atoms with van der Waals surface area (Å²) in [5.41, 5.74) is -0.816. The van der Waals surface area contributed by atoms with Crippen LogP contribution >= 0.6 is 0 Å². The van der Waals surface area contributed by atoms with Gasteiger partial charge in [0, 0.05) is 32.6 Å². The summed E-state index contributed by atoms with van der Waals surface area (Å²) in [7, 11) is 6.49. The van der Waals surface area contributed by atoms with Crippen molar-refractivity contribution in [2.75, 3.05) is 28.4 Å². The number of carbonyl (C=O) groups is 1. The lowest BCUT2D eigenvalue weighted by Crippen LogP contribution is -2.46. The molecule has 0 N–H and O–H groups in total. The molecule has 2 aliphatic carbocycles. The zero-order chi connectivity index (χ0) is 17.6. The normalized spacial score (nSPS) is 28.7. The van der Waals surface area contributed by atoms with Crippen LogP contribution in [0.15, 0.2) is 59.6 Å². The summed E-state index contributed by atoms with van der Waals surface area (Å²) in [5.74, 6) is 1.53. The van der Waals surface area contributed by atoms with E-state index >= 15 is 0 Å². The van der Waals surface area contributed by atoms with E-state index in [-0.39, 0.29) is 0 Å². The van der Waals surface area contributed by atoms with Gasteiger partial charge in [-0.2, -0.15) is 0 Å². The van der Waals surface area contributed by atoms with E-state index < -0.39 is 11.2 Å². The van der Waals surface area contributed by atoms with E-state index in [1.54, 1.807) is 28.4 Å². The molecule has 2 aliphatic rings. The highest BCUT2D eigenvalue weighted by Gasteiger charge is 2.45. The van der Waals surface area contributed by atoms with Crippen molar-refractivity contribution in [2.45, 2.75) is 24.0 Å². The Balaban J connectivity index is 2.46. The molecule has 0 bridgehead atoms. The largest absolute Gasteiger partial charge is 0.497 e. The number of ether oxygens (including phenoxy) is 4. The number of carbonyl (C=O) groups excluding carboxylic acids is 1. The Kier molecular flexibility index (Phi) is 5.80. The molecule has 2 unspecified atom stereocenters. The lowest BCUT2D eigenvalue weighted by Gasteiger charge is -2.43. The molecular weight excluding hydrogens is 308 g/mol. The summed E-state index contributed by atoms with van der Waals surface area (Å²) in [6.07, 6.45) is 14.8. The second-order valence-electron chi connectivity index (χ2n) is 5.60. The Morgan fingerprint density at radius 3 is 1.62 bits per heavy atom. The summed E-state index contributed by atoms with van der Waals surface area (Å²) in [6, 6.07) is 0. The molecule has 0 aromatic carbocycles. The van der Waals surface area contributed by atoms with Crippen molar-refractivity contribution in [1.82, 2.24) is 0 Å². The van der Waals surface area contributed by atoms with Crippen LogP contribution in [0.25, 0.3) is 0 Å². The van der Waals surface area contributed by atoms with E-state index in [0.717, 1.165) is 23.4 Å². The van der Waals surface area contributed by atoms with Crippen molar-refractivity contribution in [2.24, 2.45) is 0 Å². The third-order valence-corrected chi connectivity index (χ3v) is 4.59. The fourth-order valence-corrected chi connectivity index (χ4v) is 3.14. The Morgan fingerprint density at radius 2 is 1.38 bits per heavy atom. The molecule has 130 valence electrons. The van der Waals surface area contributed by atoms with Gasteiger partial charge in [0.1, 0.15) is 29.0 Å². The molecule has 0 saturated carbocycles. The predicted octanol–water partition coefficient (Wildman–Crippen LogP) is 2.86. The number of aldehydes is 1. The maximum atomic E-state index is 11.3. The monoisotopic (exact) mass is 332 g/mol. The van der Waals surface area contributed by atoms with Crippen molar-refractivity contribution in [3.05, 3.63) is 59.6 Å². The summed E-state index contributed by atoms with van der Waals surface area (Å²) >= 11 is 0. The van der Waals surface area contributed by atoms with E-state index in [2.05, 4.69) is 0 Å². The maximum Gasteiger partial charge on any atom is 0.143 e. The summed E-state index contributed by atoms with van der Waals surface area (Å²) < 4.78 is 22.2. The first kappa shape index (κ1) is 18.2. The minimum absolute atomic E-state index is 0.544. The standard InChI is InChI=1S/C19H24O5/c1-21-15-5-10-18(23-3,11-6-15)17(9-14-20)19(24-4)12-7-16(22-2)8-13-19/h5-10,12,14H,11,13H2,1-4H3. The van der Waals surface area contributed by atoms with Crippen molar-refractivity contribution in [3.63, 3.8) is 0 Å². The van der Waals surface area contributed by atoms with E-state index in [1.807, 2.05) is 36.5 Å². The van der Waals surface area contributed by atoms with E-state index in [1.165, 1.54) is 6.08 Å². The molecule has 5 nitrogen and oxygen atoms in total. The molecule has 2 atom stereocenters. The summed E-state index contributed by atoms with van der Waals surface area (Å²) in [4.78, 5) is 11.3. The van der Waals surface area contributed by atoms with Gasteiger partial charge in [-0.25, -0.2) is 0 Å². The first-order valence-electron chi connectivity index (χ1n) is 7.73. The van der Waals surface area contributed by atoms with Gasteiger partial charge in [-0.05, 0) is 42.5 Å². The molecule has 0 aliphatic heterocycles. The van der Waals surface area contributed by atoms with Crippen LogP contribution < -0.4 is 0 Å². The quantitative estimate of drug-likeness (QED) is 0.530. The molecule has 5 heteroatoms. The molecule has 0 radical (unpaired) electrons. The highest BCUT2D eigenvalue weighted by Crippen LogP contribution is 2.43. The zero-order valence-corrected chi connectivity index (χ0v) is 14.6. The van der Waals surface area contributed by atoms with Crippen LogP contribution in [-0.4, -0.2) is 45.9 Å².